The number of carbonyl (C=O) groups excluding carboxylic acids is 1. The van der Waals surface area contributed by atoms with E-state index in [9.17, 15) is 22.4 Å². The van der Waals surface area contributed by atoms with Gasteiger partial charge < -0.3 is 20.5 Å². The van der Waals surface area contributed by atoms with Gasteiger partial charge in [0, 0.05) is 24.3 Å². The van der Waals surface area contributed by atoms with E-state index in [0.717, 1.165) is 35.5 Å². The number of halogens is 4. The minimum absolute atomic E-state index is 0.0430. The van der Waals surface area contributed by atoms with Crippen LogP contribution < -0.4 is 11.1 Å². The Labute approximate surface area is 216 Å². The molecule has 1 atom stereocenters. The molecule has 0 fully saturated rings. The van der Waals surface area contributed by atoms with E-state index in [4.69, 9.17) is 5.73 Å². The molecule has 3 aromatic carbocycles. The first-order valence-electron chi connectivity index (χ1n) is 12.1. The third kappa shape index (κ3) is 5.12. The Balaban J connectivity index is 1.42. The topological polar surface area (TPSA) is 76.2 Å². The highest BCUT2D eigenvalue weighted by molar-refractivity contribution is 5.82. The standard InChI is InChI=1S/C28H25F4N5O/c1-16-2-6-19(7-3-16)34-27-26(18-5-9-21(30)23(32)14-18)35-25-15-36(10-11-37(25)27)28(38)24(33)13-17-4-8-20(29)22(31)12-17/h2-9,12,14,24,34H,10-11,13,15,33H2,1H3/t24-/m0/s1. The quantitative estimate of drug-likeness (QED) is 0.346. The summed E-state index contributed by atoms with van der Waals surface area (Å²) in [4.78, 5) is 19.4. The van der Waals surface area contributed by atoms with Gasteiger partial charge in [-0.25, -0.2) is 22.5 Å². The molecule has 3 N–H and O–H groups in total. The summed E-state index contributed by atoms with van der Waals surface area (Å²) in [5.41, 5.74) is 9.22. The molecule has 1 aliphatic heterocycles. The molecule has 1 aromatic heterocycles. The minimum Gasteiger partial charge on any atom is -0.340 e. The fraction of sp³-hybridized carbons (Fsp3) is 0.214. The zero-order valence-corrected chi connectivity index (χ0v) is 20.5. The van der Waals surface area contributed by atoms with Crippen LogP contribution in [0.1, 0.15) is 17.0 Å². The van der Waals surface area contributed by atoms with Crippen molar-refractivity contribution in [1.29, 1.82) is 0 Å². The van der Waals surface area contributed by atoms with E-state index in [2.05, 4.69) is 10.3 Å². The highest BCUT2D eigenvalue weighted by Crippen LogP contribution is 2.34. The molecule has 0 saturated carbocycles. The third-order valence-corrected chi connectivity index (χ3v) is 6.55. The molecule has 0 aliphatic carbocycles. The zero-order chi connectivity index (χ0) is 27.0. The van der Waals surface area contributed by atoms with E-state index in [-0.39, 0.29) is 18.9 Å². The van der Waals surface area contributed by atoms with Crippen LogP contribution in [-0.4, -0.2) is 32.9 Å². The maximum atomic E-state index is 14.1. The van der Waals surface area contributed by atoms with Gasteiger partial charge >= 0.3 is 0 Å². The van der Waals surface area contributed by atoms with Crippen LogP contribution in [0.2, 0.25) is 0 Å². The molecule has 0 radical (unpaired) electrons. The fourth-order valence-electron chi connectivity index (χ4n) is 4.51. The molecule has 0 spiro atoms. The number of anilines is 2. The Morgan fingerprint density at radius 1 is 0.947 bits per heavy atom. The lowest BCUT2D eigenvalue weighted by Gasteiger charge is -2.30. The van der Waals surface area contributed by atoms with E-state index in [1.165, 1.54) is 12.1 Å². The van der Waals surface area contributed by atoms with Crippen LogP contribution in [0.15, 0.2) is 60.7 Å². The van der Waals surface area contributed by atoms with Gasteiger partial charge in [0.1, 0.15) is 17.3 Å². The summed E-state index contributed by atoms with van der Waals surface area (Å²) in [6, 6.07) is 13.8. The summed E-state index contributed by atoms with van der Waals surface area (Å²) in [7, 11) is 0. The number of nitrogens with two attached hydrogens (primary N) is 1. The number of imidazole rings is 1. The second-order valence-electron chi connectivity index (χ2n) is 9.32. The van der Waals surface area contributed by atoms with Gasteiger partial charge in [0.15, 0.2) is 23.3 Å². The van der Waals surface area contributed by atoms with Gasteiger partial charge in [0.2, 0.25) is 5.91 Å². The molecule has 1 amide bonds. The first kappa shape index (κ1) is 25.5. The monoisotopic (exact) mass is 523 g/mol. The van der Waals surface area contributed by atoms with Crippen LogP contribution in [0.4, 0.5) is 29.1 Å². The second-order valence-corrected chi connectivity index (χ2v) is 9.32. The van der Waals surface area contributed by atoms with Gasteiger partial charge in [0.05, 0.1) is 12.6 Å². The van der Waals surface area contributed by atoms with Crippen molar-refractivity contribution in [3.63, 3.8) is 0 Å². The molecule has 1 aliphatic rings. The van der Waals surface area contributed by atoms with Crippen LogP contribution in [0.3, 0.4) is 0 Å². The van der Waals surface area contributed by atoms with Crippen molar-refractivity contribution in [2.75, 3.05) is 11.9 Å². The van der Waals surface area contributed by atoms with Crippen molar-refractivity contribution in [2.24, 2.45) is 5.73 Å². The summed E-state index contributed by atoms with van der Waals surface area (Å²) in [6.07, 6.45) is 0.0430. The number of fused-ring (bicyclic) bond motifs is 1. The second kappa shape index (κ2) is 10.3. The normalized spacial score (nSPS) is 13.8. The average molecular weight is 524 g/mol. The van der Waals surface area contributed by atoms with Gasteiger partial charge in [0.25, 0.3) is 0 Å². The Morgan fingerprint density at radius 3 is 2.32 bits per heavy atom. The van der Waals surface area contributed by atoms with Crippen LogP contribution in [0.5, 0.6) is 0 Å². The van der Waals surface area contributed by atoms with E-state index in [1.54, 1.807) is 4.90 Å². The van der Waals surface area contributed by atoms with E-state index in [0.29, 0.717) is 41.6 Å². The van der Waals surface area contributed by atoms with Crippen LogP contribution in [0, 0.1) is 30.2 Å². The lowest BCUT2D eigenvalue weighted by atomic mass is 10.0. The van der Waals surface area contributed by atoms with Crippen LogP contribution in [-0.2, 0) is 24.3 Å². The molecule has 2 heterocycles. The highest BCUT2D eigenvalue weighted by atomic mass is 19.2. The van der Waals surface area contributed by atoms with Gasteiger partial charge in [-0.3, -0.25) is 4.79 Å². The molecule has 196 valence electrons. The number of benzene rings is 3. The molecular weight excluding hydrogens is 498 g/mol. The summed E-state index contributed by atoms with van der Waals surface area (Å²) >= 11 is 0. The van der Waals surface area contributed by atoms with E-state index >= 15 is 0 Å². The maximum Gasteiger partial charge on any atom is 0.240 e. The zero-order valence-electron chi connectivity index (χ0n) is 20.5. The molecule has 38 heavy (non-hydrogen) atoms. The number of amides is 1. The number of aromatic nitrogens is 2. The Hall–Kier alpha value is -4.18. The van der Waals surface area contributed by atoms with Crippen LogP contribution >= 0.6 is 0 Å². The molecular formula is C28H25F4N5O. The smallest absolute Gasteiger partial charge is 0.240 e. The summed E-state index contributed by atoms with van der Waals surface area (Å²) in [6.45, 7) is 2.81. The fourth-order valence-corrected chi connectivity index (χ4v) is 4.51. The molecule has 4 aromatic rings. The Bertz CT molecular complexity index is 1500. The van der Waals surface area contributed by atoms with Gasteiger partial charge in [-0.2, -0.15) is 0 Å². The number of hydrogen-bond acceptors (Lipinski definition) is 4. The summed E-state index contributed by atoms with van der Waals surface area (Å²) in [5.74, 6) is -3.14. The number of rotatable bonds is 6. The molecule has 10 heteroatoms. The predicted molar refractivity (Wildman–Crippen MR) is 135 cm³/mol. The lowest BCUT2D eigenvalue weighted by Crippen LogP contribution is -2.47. The van der Waals surface area contributed by atoms with Crippen molar-refractivity contribution < 1.29 is 22.4 Å². The number of aryl methyl sites for hydroxylation is 1. The van der Waals surface area contributed by atoms with Gasteiger partial charge in [-0.15, -0.1) is 0 Å². The summed E-state index contributed by atoms with van der Waals surface area (Å²) in [5, 5.41) is 3.34. The molecule has 5 rings (SSSR count). The van der Waals surface area contributed by atoms with Gasteiger partial charge in [-0.05, 0) is 61.4 Å². The average Bonchev–Trinajstić information content (AvgIpc) is 3.26. The van der Waals surface area contributed by atoms with Crippen molar-refractivity contribution in [2.45, 2.75) is 32.5 Å². The largest absolute Gasteiger partial charge is 0.340 e. The maximum absolute atomic E-state index is 14.1. The van der Waals surface area contributed by atoms with Crippen molar-refractivity contribution >= 4 is 17.4 Å². The summed E-state index contributed by atoms with van der Waals surface area (Å²) < 4.78 is 56.5. The van der Waals surface area contributed by atoms with Crippen LogP contribution in [0.25, 0.3) is 11.3 Å². The highest BCUT2D eigenvalue weighted by Gasteiger charge is 2.30. The molecule has 0 bridgehead atoms. The van der Waals surface area contributed by atoms with E-state index < -0.39 is 29.3 Å². The van der Waals surface area contributed by atoms with Gasteiger partial charge in [-0.1, -0.05) is 23.8 Å². The van der Waals surface area contributed by atoms with Crippen molar-refractivity contribution in [1.82, 2.24) is 14.5 Å². The molecule has 0 saturated heterocycles. The first-order valence-corrected chi connectivity index (χ1v) is 12.1. The first-order chi connectivity index (χ1) is 18.2. The number of nitrogens with zero attached hydrogens (tertiary/aromatic N) is 3. The number of hydrogen-bond donors (Lipinski definition) is 2. The number of nitrogens with one attached hydrogen (secondary N) is 1. The van der Waals surface area contributed by atoms with E-state index in [1.807, 2.05) is 35.8 Å². The van der Waals surface area contributed by atoms with Crippen molar-refractivity contribution in [3.05, 3.63) is 101 Å². The minimum atomic E-state index is -1.000. The Morgan fingerprint density at radius 2 is 1.63 bits per heavy atom. The third-order valence-electron chi connectivity index (χ3n) is 6.55. The SMILES string of the molecule is Cc1ccc(Nc2c(-c3ccc(F)c(F)c3)nc3n2CCN(C(=O)[C@@H](N)Cc2ccc(F)c(F)c2)C3)cc1. The molecule has 6 nitrogen and oxygen atoms in total. The lowest BCUT2D eigenvalue weighted by molar-refractivity contribution is -0.134. The predicted octanol–water partition coefficient (Wildman–Crippen LogP) is 5.07. The molecule has 0 unspecified atom stereocenters. The number of carbonyl (C=O) groups is 1. The Kier molecular flexibility index (Phi) is 6.90. The van der Waals surface area contributed by atoms with Crippen molar-refractivity contribution in [3.8, 4) is 11.3 Å².